The van der Waals surface area contributed by atoms with Crippen LogP contribution in [-0.2, 0) is 0 Å². The van der Waals surface area contributed by atoms with Crippen LogP contribution in [0.15, 0.2) is 18.3 Å². The smallest absolute Gasteiger partial charge is 0.256 e. The maximum absolute atomic E-state index is 5.53. The lowest BCUT2D eigenvalue weighted by Gasteiger charge is -2.10. The quantitative estimate of drug-likeness (QED) is 0.645. The molecule has 0 saturated carbocycles. The topological polar surface area (TPSA) is 24.9 Å². The Morgan fingerprint density at radius 3 is 2.69 bits per heavy atom. The highest BCUT2D eigenvalue weighted by molar-refractivity contribution is 8.05. The van der Waals surface area contributed by atoms with E-state index in [0.717, 1.165) is 17.5 Å². The molecule has 1 heterocycles. The maximum Gasteiger partial charge on any atom is 0.256 e. The number of alkyl halides is 3. The van der Waals surface area contributed by atoms with Crippen molar-refractivity contribution >= 4 is 52.6 Å². The van der Waals surface area contributed by atoms with Gasteiger partial charge in [-0.25, -0.2) is 4.98 Å². The van der Waals surface area contributed by atoms with Gasteiger partial charge in [0.1, 0.15) is 5.82 Å². The molecule has 6 heteroatoms. The predicted molar refractivity (Wildman–Crippen MR) is 60.5 cm³/mol. The molecule has 0 fully saturated rings. The van der Waals surface area contributed by atoms with Crippen molar-refractivity contribution in [2.45, 2.75) is 10.0 Å². The van der Waals surface area contributed by atoms with Gasteiger partial charge in [0.15, 0.2) is 0 Å². The molecule has 0 bridgehead atoms. The molecular weight excluding hydrogens is 251 g/mol. The van der Waals surface area contributed by atoms with Crippen molar-refractivity contribution in [3.63, 3.8) is 0 Å². The number of aryl methyl sites for hydroxylation is 1. The predicted octanol–water partition coefficient (Wildman–Crippen LogP) is 3.78. The van der Waals surface area contributed by atoms with E-state index < -0.39 is 3.12 Å². The summed E-state index contributed by atoms with van der Waals surface area (Å²) in [7, 11) is 0. The summed E-state index contributed by atoms with van der Waals surface area (Å²) in [5.74, 6) is 0.677. The molecule has 1 rings (SSSR count). The molecule has 0 saturated heterocycles. The number of rotatable bonds is 2. The SMILES string of the molecule is Cc1ccnc(NSC(Cl)(Cl)Cl)c1. The average Bonchev–Trinajstić information content (AvgIpc) is 2.00. The maximum atomic E-state index is 5.53. The van der Waals surface area contributed by atoms with Crippen LogP contribution in [-0.4, -0.2) is 8.11 Å². The molecule has 0 spiro atoms. The Morgan fingerprint density at radius 2 is 2.15 bits per heavy atom. The zero-order valence-electron chi connectivity index (χ0n) is 6.72. The molecule has 1 N–H and O–H groups in total. The molecule has 0 aromatic carbocycles. The van der Waals surface area contributed by atoms with E-state index in [1.807, 2.05) is 19.1 Å². The average molecular weight is 258 g/mol. The van der Waals surface area contributed by atoms with Gasteiger partial charge in [-0.15, -0.1) is 0 Å². The molecule has 0 aliphatic rings. The van der Waals surface area contributed by atoms with Crippen LogP contribution in [0.1, 0.15) is 5.56 Å². The van der Waals surface area contributed by atoms with Gasteiger partial charge in [-0.2, -0.15) is 0 Å². The lowest BCUT2D eigenvalue weighted by atomic mass is 10.3. The summed E-state index contributed by atoms with van der Waals surface area (Å²) in [6.07, 6.45) is 1.69. The number of anilines is 1. The fourth-order valence-corrected chi connectivity index (χ4v) is 1.38. The zero-order valence-corrected chi connectivity index (χ0v) is 9.81. The summed E-state index contributed by atoms with van der Waals surface area (Å²) in [5, 5.41) is 0. The summed E-state index contributed by atoms with van der Waals surface area (Å²) < 4.78 is 1.47. The third-order valence-corrected chi connectivity index (χ3v) is 2.42. The van der Waals surface area contributed by atoms with E-state index in [9.17, 15) is 0 Å². The standard InChI is InChI=1S/C7H7Cl3N2S/c1-5-2-3-11-6(4-5)12-13-7(8,9)10/h2-4H,1H3,(H,11,12). The molecule has 1 aromatic heterocycles. The highest BCUT2D eigenvalue weighted by atomic mass is 35.6. The number of aromatic nitrogens is 1. The second kappa shape index (κ2) is 4.60. The summed E-state index contributed by atoms with van der Waals surface area (Å²) in [6, 6.07) is 3.76. The Balaban J connectivity index is 2.55. The highest BCUT2D eigenvalue weighted by Gasteiger charge is 2.20. The largest absolute Gasteiger partial charge is 0.311 e. The first-order valence-electron chi connectivity index (χ1n) is 3.41. The van der Waals surface area contributed by atoms with Gasteiger partial charge in [0.05, 0.1) is 0 Å². The van der Waals surface area contributed by atoms with Crippen molar-refractivity contribution in [2.24, 2.45) is 0 Å². The first-order valence-corrected chi connectivity index (χ1v) is 5.36. The normalized spacial score (nSPS) is 11.4. The van der Waals surface area contributed by atoms with Crippen molar-refractivity contribution < 1.29 is 0 Å². The van der Waals surface area contributed by atoms with Crippen LogP contribution in [0.5, 0.6) is 0 Å². The van der Waals surface area contributed by atoms with Gasteiger partial charge in [-0.05, 0) is 24.6 Å². The van der Waals surface area contributed by atoms with Crippen LogP contribution >= 0.6 is 46.8 Å². The van der Waals surface area contributed by atoms with Crippen LogP contribution in [0.2, 0.25) is 0 Å². The number of nitrogens with one attached hydrogen (secondary N) is 1. The molecule has 0 amide bonds. The molecular formula is C7H7Cl3N2S. The zero-order chi connectivity index (χ0) is 9.90. The lowest BCUT2D eigenvalue weighted by Crippen LogP contribution is -2.01. The van der Waals surface area contributed by atoms with E-state index in [1.165, 1.54) is 0 Å². The number of nitrogens with zero attached hydrogens (tertiary/aromatic N) is 1. The second-order valence-corrected chi connectivity index (χ2v) is 6.34. The van der Waals surface area contributed by atoms with E-state index in [4.69, 9.17) is 34.8 Å². The lowest BCUT2D eigenvalue weighted by molar-refractivity contribution is 1.29. The number of hydrogen-bond donors (Lipinski definition) is 1. The van der Waals surface area contributed by atoms with Crippen molar-refractivity contribution in [3.05, 3.63) is 23.9 Å². The van der Waals surface area contributed by atoms with E-state index in [2.05, 4.69) is 9.71 Å². The van der Waals surface area contributed by atoms with Gasteiger partial charge >= 0.3 is 0 Å². The van der Waals surface area contributed by atoms with Crippen LogP contribution in [0.3, 0.4) is 0 Å². The Bertz CT molecular complexity index is 287. The number of halogens is 3. The summed E-state index contributed by atoms with van der Waals surface area (Å²) in [6.45, 7) is 1.97. The Labute approximate surface area is 96.1 Å². The first-order chi connectivity index (χ1) is 5.97. The summed E-state index contributed by atoms with van der Waals surface area (Å²) >= 11 is 17.6. The van der Waals surface area contributed by atoms with Gasteiger partial charge in [0.25, 0.3) is 3.12 Å². The van der Waals surface area contributed by atoms with Gasteiger partial charge < -0.3 is 4.72 Å². The third-order valence-electron chi connectivity index (χ3n) is 1.19. The van der Waals surface area contributed by atoms with E-state index in [1.54, 1.807) is 6.20 Å². The molecule has 1 aromatic rings. The molecule has 0 atom stereocenters. The van der Waals surface area contributed by atoms with E-state index >= 15 is 0 Å². The minimum absolute atomic E-state index is 0.677. The molecule has 72 valence electrons. The van der Waals surface area contributed by atoms with Crippen molar-refractivity contribution in [3.8, 4) is 0 Å². The Hall–Kier alpha value is 0.170. The molecule has 0 aliphatic heterocycles. The van der Waals surface area contributed by atoms with Gasteiger partial charge in [0, 0.05) is 18.1 Å². The second-order valence-electron chi connectivity index (χ2n) is 2.37. The van der Waals surface area contributed by atoms with Crippen molar-refractivity contribution in [2.75, 3.05) is 4.72 Å². The van der Waals surface area contributed by atoms with Gasteiger partial charge in [-0.1, -0.05) is 34.8 Å². The highest BCUT2D eigenvalue weighted by Crippen LogP contribution is 2.38. The van der Waals surface area contributed by atoms with E-state index in [0.29, 0.717) is 5.82 Å². The minimum Gasteiger partial charge on any atom is -0.311 e. The third kappa shape index (κ3) is 4.81. The molecule has 0 radical (unpaired) electrons. The Kier molecular flexibility index (Phi) is 3.98. The van der Waals surface area contributed by atoms with Gasteiger partial charge in [0.2, 0.25) is 0 Å². The molecule has 0 unspecified atom stereocenters. The molecule has 2 nitrogen and oxygen atoms in total. The van der Waals surface area contributed by atoms with Gasteiger partial charge in [-0.3, -0.25) is 0 Å². The fourth-order valence-electron chi connectivity index (χ4n) is 0.702. The van der Waals surface area contributed by atoms with Crippen molar-refractivity contribution in [1.29, 1.82) is 0 Å². The minimum atomic E-state index is -1.37. The number of hydrogen-bond acceptors (Lipinski definition) is 3. The Morgan fingerprint density at radius 1 is 1.46 bits per heavy atom. The van der Waals surface area contributed by atoms with Crippen molar-refractivity contribution in [1.82, 2.24) is 4.98 Å². The fraction of sp³-hybridized carbons (Fsp3) is 0.286. The number of pyridine rings is 1. The van der Waals surface area contributed by atoms with E-state index in [-0.39, 0.29) is 0 Å². The van der Waals surface area contributed by atoms with Crippen LogP contribution in [0.25, 0.3) is 0 Å². The summed E-state index contributed by atoms with van der Waals surface area (Å²) in [4.78, 5) is 4.03. The monoisotopic (exact) mass is 256 g/mol. The van der Waals surface area contributed by atoms with Crippen LogP contribution in [0.4, 0.5) is 5.82 Å². The molecule has 0 aliphatic carbocycles. The van der Waals surface area contributed by atoms with Crippen LogP contribution in [0, 0.1) is 6.92 Å². The van der Waals surface area contributed by atoms with Crippen LogP contribution < -0.4 is 4.72 Å². The molecule has 13 heavy (non-hydrogen) atoms. The first kappa shape index (κ1) is 11.2. The summed E-state index contributed by atoms with van der Waals surface area (Å²) in [5.41, 5.74) is 1.10.